The molecule has 0 saturated heterocycles. The van der Waals surface area contributed by atoms with Gasteiger partial charge in [0.05, 0.1) is 0 Å². The Morgan fingerprint density at radius 1 is 1.33 bits per heavy atom. The maximum atomic E-state index is 12.2. The second-order valence-corrected chi connectivity index (χ2v) is 5.49. The zero-order chi connectivity index (χ0) is 13.9. The first kappa shape index (κ1) is 14.7. The molecule has 0 aromatic carbocycles. The number of carbonyl (C=O) groups excluding carboxylic acids is 2. The van der Waals surface area contributed by atoms with Crippen LogP contribution in [0, 0.1) is 17.3 Å². The minimum absolute atomic E-state index is 0.0161. The average molecular weight is 250 g/mol. The Balaban J connectivity index is 3.03. The van der Waals surface area contributed by atoms with Crippen LogP contribution >= 0.6 is 0 Å². The van der Waals surface area contributed by atoms with Gasteiger partial charge in [0, 0.05) is 18.8 Å². The van der Waals surface area contributed by atoms with Gasteiger partial charge in [-0.1, -0.05) is 32.9 Å². The van der Waals surface area contributed by atoms with Gasteiger partial charge in [0.15, 0.2) is 5.78 Å². The van der Waals surface area contributed by atoms with Gasteiger partial charge in [0.25, 0.3) is 0 Å². The number of ketones is 1. The van der Waals surface area contributed by atoms with Crippen LogP contribution in [0.25, 0.3) is 0 Å². The van der Waals surface area contributed by atoms with Gasteiger partial charge in [-0.2, -0.15) is 0 Å². The molecule has 0 bridgehead atoms. The highest BCUT2D eigenvalue weighted by Crippen LogP contribution is 2.41. The minimum Gasteiger partial charge on any atom is -0.458 e. The van der Waals surface area contributed by atoms with Crippen LogP contribution in [0.1, 0.15) is 34.6 Å². The first-order valence-corrected chi connectivity index (χ1v) is 6.32. The third kappa shape index (κ3) is 3.09. The Morgan fingerprint density at radius 2 is 1.94 bits per heavy atom. The number of rotatable bonds is 3. The summed E-state index contributed by atoms with van der Waals surface area (Å²) < 4.78 is 5.25. The molecule has 1 aliphatic carbocycles. The fraction of sp³-hybridized carbons (Fsp3) is 0.600. The smallest absolute Gasteiger partial charge is 0.303 e. The Hall–Kier alpha value is -1.38. The van der Waals surface area contributed by atoms with Gasteiger partial charge in [-0.3, -0.25) is 9.59 Å². The van der Waals surface area contributed by atoms with E-state index in [1.54, 1.807) is 12.2 Å². The largest absolute Gasteiger partial charge is 0.458 e. The van der Waals surface area contributed by atoms with Crippen molar-refractivity contribution in [1.29, 1.82) is 0 Å². The van der Waals surface area contributed by atoms with Gasteiger partial charge in [0.2, 0.25) is 0 Å². The van der Waals surface area contributed by atoms with Gasteiger partial charge in [-0.25, -0.2) is 0 Å². The van der Waals surface area contributed by atoms with Crippen molar-refractivity contribution in [3.8, 4) is 0 Å². The van der Waals surface area contributed by atoms with E-state index in [4.69, 9.17) is 4.74 Å². The van der Waals surface area contributed by atoms with E-state index >= 15 is 0 Å². The fourth-order valence-electron chi connectivity index (χ4n) is 2.72. The lowest BCUT2D eigenvalue weighted by Crippen LogP contribution is -2.43. The van der Waals surface area contributed by atoms with Crippen molar-refractivity contribution in [2.24, 2.45) is 17.3 Å². The molecule has 1 aliphatic rings. The van der Waals surface area contributed by atoms with Gasteiger partial charge in [-0.15, -0.1) is 0 Å². The highest BCUT2D eigenvalue weighted by atomic mass is 16.5. The molecule has 3 nitrogen and oxygen atoms in total. The maximum absolute atomic E-state index is 12.2. The molecule has 0 aromatic rings. The van der Waals surface area contributed by atoms with E-state index in [0.717, 1.165) is 0 Å². The molecule has 0 spiro atoms. The van der Waals surface area contributed by atoms with Crippen molar-refractivity contribution < 1.29 is 14.3 Å². The lowest BCUT2D eigenvalue weighted by atomic mass is 9.65. The molecule has 18 heavy (non-hydrogen) atoms. The minimum atomic E-state index is -0.312. The van der Waals surface area contributed by atoms with E-state index in [0.29, 0.717) is 0 Å². The zero-order valence-electron chi connectivity index (χ0n) is 11.8. The first-order chi connectivity index (χ1) is 8.29. The molecule has 3 unspecified atom stereocenters. The number of hydrogen-bond donors (Lipinski definition) is 0. The maximum Gasteiger partial charge on any atom is 0.303 e. The molecule has 0 fully saturated rings. The van der Waals surface area contributed by atoms with Crippen molar-refractivity contribution in [3.63, 3.8) is 0 Å². The van der Waals surface area contributed by atoms with E-state index in [1.807, 2.05) is 39.8 Å². The van der Waals surface area contributed by atoms with Crippen LogP contribution in [0.5, 0.6) is 0 Å². The van der Waals surface area contributed by atoms with Crippen molar-refractivity contribution in [3.05, 3.63) is 24.3 Å². The second-order valence-electron chi connectivity index (χ2n) is 5.49. The Kier molecular flexibility index (Phi) is 4.49. The van der Waals surface area contributed by atoms with Gasteiger partial charge in [0.1, 0.15) is 6.10 Å². The summed E-state index contributed by atoms with van der Waals surface area (Å²) in [5.41, 5.74) is -0.216. The molecule has 3 heteroatoms. The van der Waals surface area contributed by atoms with Crippen LogP contribution in [-0.4, -0.2) is 17.9 Å². The summed E-state index contributed by atoms with van der Waals surface area (Å²) in [5, 5.41) is 0. The van der Waals surface area contributed by atoms with E-state index in [2.05, 4.69) is 0 Å². The third-order valence-electron chi connectivity index (χ3n) is 3.50. The monoisotopic (exact) mass is 250 g/mol. The lowest BCUT2D eigenvalue weighted by Gasteiger charge is -2.40. The van der Waals surface area contributed by atoms with Crippen molar-refractivity contribution in [2.45, 2.75) is 40.7 Å². The van der Waals surface area contributed by atoms with Crippen LogP contribution in [-0.2, 0) is 14.3 Å². The molecular formula is C15H22O3. The number of ether oxygens (including phenoxy) is 1. The third-order valence-corrected chi connectivity index (χ3v) is 3.50. The zero-order valence-corrected chi connectivity index (χ0v) is 11.8. The highest BCUT2D eigenvalue weighted by molar-refractivity contribution is 5.92. The van der Waals surface area contributed by atoms with E-state index in [-0.39, 0.29) is 35.1 Å². The lowest BCUT2D eigenvalue weighted by molar-refractivity contribution is -0.150. The SMILES string of the molecule is CC=CC(=O)C1C(C)C(OC(C)=O)C=CC1(C)C. The number of hydrogen-bond acceptors (Lipinski definition) is 3. The van der Waals surface area contributed by atoms with E-state index in [1.165, 1.54) is 6.92 Å². The number of allylic oxidation sites excluding steroid dienone is 3. The molecule has 0 aliphatic heterocycles. The average Bonchev–Trinajstić information content (AvgIpc) is 2.22. The molecule has 0 radical (unpaired) electrons. The Labute approximate surface area is 109 Å². The van der Waals surface area contributed by atoms with E-state index < -0.39 is 0 Å². The van der Waals surface area contributed by atoms with Crippen molar-refractivity contribution in [2.75, 3.05) is 0 Å². The van der Waals surface area contributed by atoms with Crippen LogP contribution in [0.2, 0.25) is 0 Å². The van der Waals surface area contributed by atoms with Gasteiger partial charge in [-0.05, 0) is 24.5 Å². The van der Waals surface area contributed by atoms with Crippen molar-refractivity contribution >= 4 is 11.8 Å². The summed E-state index contributed by atoms with van der Waals surface area (Å²) in [6.07, 6.45) is 6.92. The summed E-state index contributed by atoms with van der Waals surface area (Å²) in [6.45, 7) is 9.26. The molecule has 3 atom stereocenters. The van der Waals surface area contributed by atoms with Crippen LogP contribution in [0.4, 0.5) is 0 Å². The Bertz CT molecular complexity index is 391. The standard InChI is InChI=1S/C15H22O3/c1-6-7-12(17)14-10(2)13(18-11(3)16)8-9-15(14,4)5/h6-10,13-14H,1-5H3. The van der Waals surface area contributed by atoms with Crippen LogP contribution < -0.4 is 0 Å². The van der Waals surface area contributed by atoms with E-state index in [9.17, 15) is 9.59 Å². The normalized spacial score (nSPS) is 30.4. The Morgan fingerprint density at radius 3 is 2.44 bits per heavy atom. The predicted octanol–water partition coefficient (Wildman–Crippen LogP) is 2.91. The summed E-state index contributed by atoms with van der Waals surface area (Å²) in [4.78, 5) is 23.3. The molecule has 0 aromatic heterocycles. The topological polar surface area (TPSA) is 43.4 Å². The number of carbonyl (C=O) groups is 2. The molecule has 0 amide bonds. The summed E-state index contributed by atoms with van der Waals surface area (Å²) in [5.74, 6) is -0.398. The van der Waals surface area contributed by atoms with Crippen LogP contribution in [0.15, 0.2) is 24.3 Å². The summed E-state index contributed by atoms with van der Waals surface area (Å²) in [6, 6.07) is 0. The van der Waals surface area contributed by atoms with Gasteiger partial charge < -0.3 is 4.74 Å². The second kappa shape index (κ2) is 5.51. The molecular weight excluding hydrogens is 228 g/mol. The fourth-order valence-corrected chi connectivity index (χ4v) is 2.72. The van der Waals surface area contributed by atoms with Crippen LogP contribution in [0.3, 0.4) is 0 Å². The summed E-state index contributed by atoms with van der Waals surface area (Å²) >= 11 is 0. The summed E-state index contributed by atoms with van der Waals surface area (Å²) in [7, 11) is 0. The molecule has 0 saturated carbocycles. The first-order valence-electron chi connectivity index (χ1n) is 6.32. The molecule has 0 heterocycles. The predicted molar refractivity (Wildman–Crippen MR) is 71.0 cm³/mol. The number of esters is 1. The highest BCUT2D eigenvalue weighted by Gasteiger charge is 2.42. The molecule has 1 rings (SSSR count). The van der Waals surface area contributed by atoms with Gasteiger partial charge >= 0.3 is 5.97 Å². The van der Waals surface area contributed by atoms with Crippen molar-refractivity contribution in [1.82, 2.24) is 0 Å². The molecule has 100 valence electrons. The quantitative estimate of drug-likeness (QED) is 0.439. The molecule has 0 N–H and O–H groups in total.